The highest BCUT2D eigenvalue weighted by atomic mass is 16.6. The van der Waals surface area contributed by atoms with Crippen molar-refractivity contribution in [3.8, 4) is 0 Å². The topological polar surface area (TPSA) is 77.5 Å². The van der Waals surface area contributed by atoms with E-state index in [0.29, 0.717) is 39.4 Å². The molecule has 2 saturated heterocycles. The average Bonchev–Trinajstić information content (AvgIpc) is 3.43. The largest absolute Gasteiger partial charge is 0.445 e. The lowest BCUT2D eigenvalue weighted by Gasteiger charge is -2.33. The summed E-state index contributed by atoms with van der Waals surface area (Å²) in [5.74, 6) is 0. The van der Waals surface area contributed by atoms with Crippen molar-refractivity contribution >= 4 is 12.2 Å². The minimum atomic E-state index is -0.248. The molecular weight excluding hydrogens is 496 g/mol. The van der Waals surface area contributed by atoms with Crippen molar-refractivity contribution in [3.63, 3.8) is 0 Å². The number of hydrogen-bond acceptors (Lipinski definition) is 6. The Bertz CT molecular complexity index is 952. The number of nitrogens with zero attached hydrogens (tertiary/aromatic N) is 2. The second-order valence-corrected chi connectivity index (χ2v) is 10.8. The number of carbonyl (C=O) groups is 2. The molecule has 3 fully saturated rings. The fourth-order valence-corrected chi connectivity index (χ4v) is 5.66. The van der Waals surface area contributed by atoms with Crippen LogP contribution in [-0.2, 0) is 32.2 Å². The Balaban J connectivity index is 0.942. The molecule has 2 atom stereocenters. The van der Waals surface area contributed by atoms with E-state index in [1.807, 2.05) is 60.7 Å². The van der Waals surface area contributed by atoms with Gasteiger partial charge in [0.2, 0.25) is 0 Å². The summed E-state index contributed by atoms with van der Waals surface area (Å²) in [7, 11) is 0. The molecule has 2 aromatic carbocycles. The molecule has 0 radical (unpaired) electrons. The minimum absolute atomic E-state index is 0.178. The molecule has 39 heavy (non-hydrogen) atoms. The molecule has 5 rings (SSSR count). The molecule has 2 aromatic rings. The van der Waals surface area contributed by atoms with Crippen molar-refractivity contribution in [2.45, 2.75) is 82.6 Å². The zero-order valence-corrected chi connectivity index (χ0v) is 22.6. The van der Waals surface area contributed by atoms with E-state index in [0.717, 1.165) is 56.1 Å². The van der Waals surface area contributed by atoms with Crippen LogP contribution < -0.4 is 0 Å². The van der Waals surface area contributed by atoms with E-state index in [-0.39, 0.29) is 36.6 Å². The molecule has 210 valence electrons. The van der Waals surface area contributed by atoms with E-state index >= 15 is 0 Å². The van der Waals surface area contributed by atoms with E-state index in [2.05, 4.69) is 0 Å². The smallest absolute Gasteiger partial charge is 0.410 e. The van der Waals surface area contributed by atoms with Crippen molar-refractivity contribution in [2.75, 3.05) is 26.2 Å². The Morgan fingerprint density at radius 1 is 0.564 bits per heavy atom. The van der Waals surface area contributed by atoms with Crippen molar-refractivity contribution in [1.29, 1.82) is 0 Å². The highest BCUT2D eigenvalue weighted by Crippen LogP contribution is 2.30. The van der Waals surface area contributed by atoms with E-state index in [1.165, 1.54) is 0 Å². The van der Waals surface area contributed by atoms with Crippen LogP contribution >= 0.6 is 0 Å². The summed E-state index contributed by atoms with van der Waals surface area (Å²) in [6.45, 7) is 3.26. The van der Waals surface area contributed by atoms with Gasteiger partial charge in [0.15, 0.2) is 0 Å². The maximum atomic E-state index is 12.4. The Morgan fingerprint density at radius 2 is 0.949 bits per heavy atom. The van der Waals surface area contributed by atoms with Gasteiger partial charge < -0.3 is 28.7 Å². The summed E-state index contributed by atoms with van der Waals surface area (Å²) < 4.78 is 23.8. The summed E-state index contributed by atoms with van der Waals surface area (Å²) >= 11 is 0. The molecule has 1 saturated carbocycles. The van der Waals surface area contributed by atoms with Gasteiger partial charge in [0.25, 0.3) is 0 Å². The number of rotatable bonds is 8. The zero-order chi connectivity index (χ0) is 26.9. The van der Waals surface area contributed by atoms with Crippen LogP contribution in [0.15, 0.2) is 60.7 Å². The van der Waals surface area contributed by atoms with Crippen LogP contribution in [0.3, 0.4) is 0 Å². The third-order valence-electron chi connectivity index (χ3n) is 7.92. The quantitative estimate of drug-likeness (QED) is 0.441. The normalized spacial score (nSPS) is 22.6. The molecule has 8 heteroatoms. The number of benzene rings is 2. The van der Waals surface area contributed by atoms with Gasteiger partial charge in [-0.1, -0.05) is 60.7 Å². The molecule has 2 amide bonds. The fourth-order valence-electron chi connectivity index (χ4n) is 5.66. The lowest BCUT2D eigenvalue weighted by molar-refractivity contribution is -0.0632. The zero-order valence-electron chi connectivity index (χ0n) is 22.6. The summed E-state index contributed by atoms with van der Waals surface area (Å²) in [5.41, 5.74) is 1.99. The number of carbonyl (C=O) groups excluding carboxylic acids is 2. The molecule has 0 unspecified atom stereocenters. The molecule has 1 aliphatic carbocycles. The first-order valence-electron chi connectivity index (χ1n) is 14.3. The SMILES string of the molecule is O=C(OCc1ccccc1)N1CCC(O[C@@H]2CC[C@@H](OC3CCN(C(=O)OCc4ccccc4)CC3)C2)CC1. The second-order valence-electron chi connectivity index (χ2n) is 10.8. The number of piperidine rings is 2. The first-order chi connectivity index (χ1) is 19.1. The van der Waals surface area contributed by atoms with Gasteiger partial charge in [-0.2, -0.15) is 0 Å². The van der Waals surface area contributed by atoms with E-state index in [4.69, 9.17) is 18.9 Å². The molecule has 2 aliphatic heterocycles. The Morgan fingerprint density at radius 3 is 1.33 bits per heavy atom. The predicted molar refractivity (Wildman–Crippen MR) is 146 cm³/mol. The standard InChI is InChI=1S/C31H40N2O6/c34-30(36-22-24-7-3-1-4-8-24)32-17-13-26(14-18-32)38-28-11-12-29(21-28)39-27-15-19-33(20-16-27)31(35)37-23-25-9-5-2-6-10-25/h1-10,26-29H,11-23H2/t28-,29-/m1/s1. The highest BCUT2D eigenvalue weighted by molar-refractivity contribution is 5.68. The van der Waals surface area contributed by atoms with Crippen LogP contribution in [0.25, 0.3) is 0 Å². The van der Waals surface area contributed by atoms with Gasteiger partial charge in [0.05, 0.1) is 24.4 Å². The van der Waals surface area contributed by atoms with Crippen LogP contribution in [0, 0.1) is 0 Å². The molecule has 3 aliphatic rings. The number of amides is 2. The van der Waals surface area contributed by atoms with Crippen molar-refractivity contribution in [1.82, 2.24) is 9.80 Å². The first kappa shape index (κ1) is 27.5. The fraction of sp³-hybridized carbons (Fsp3) is 0.548. The maximum Gasteiger partial charge on any atom is 0.410 e. The van der Waals surface area contributed by atoms with E-state index in [9.17, 15) is 9.59 Å². The number of likely N-dealkylation sites (tertiary alicyclic amines) is 2. The Kier molecular flexibility index (Phi) is 9.72. The lowest BCUT2D eigenvalue weighted by Crippen LogP contribution is -2.42. The third kappa shape index (κ3) is 8.19. The monoisotopic (exact) mass is 536 g/mol. The third-order valence-corrected chi connectivity index (χ3v) is 7.92. The van der Waals surface area contributed by atoms with Gasteiger partial charge in [-0.05, 0) is 56.1 Å². The van der Waals surface area contributed by atoms with Gasteiger partial charge in [-0.25, -0.2) is 9.59 Å². The Labute approximate surface area is 231 Å². The van der Waals surface area contributed by atoms with Gasteiger partial charge in [0.1, 0.15) is 13.2 Å². The predicted octanol–water partition coefficient (Wildman–Crippen LogP) is 5.54. The van der Waals surface area contributed by atoms with Gasteiger partial charge in [-0.15, -0.1) is 0 Å². The Hall–Kier alpha value is -3.10. The van der Waals surface area contributed by atoms with Gasteiger partial charge in [0, 0.05) is 26.2 Å². The van der Waals surface area contributed by atoms with Gasteiger partial charge in [-0.3, -0.25) is 0 Å². The van der Waals surface area contributed by atoms with Gasteiger partial charge >= 0.3 is 12.2 Å². The van der Waals surface area contributed by atoms with Crippen LogP contribution in [0.1, 0.15) is 56.1 Å². The highest BCUT2D eigenvalue weighted by Gasteiger charge is 2.33. The van der Waals surface area contributed by atoms with E-state index in [1.54, 1.807) is 9.80 Å². The van der Waals surface area contributed by atoms with E-state index < -0.39 is 0 Å². The van der Waals surface area contributed by atoms with Crippen LogP contribution in [0.2, 0.25) is 0 Å². The van der Waals surface area contributed by atoms with Crippen molar-refractivity contribution in [2.24, 2.45) is 0 Å². The summed E-state index contributed by atoms with van der Waals surface area (Å²) in [5, 5.41) is 0. The van der Waals surface area contributed by atoms with Crippen molar-refractivity contribution in [3.05, 3.63) is 71.8 Å². The molecule has 0 spiro atoms. The molecule has 0 aromatic heterocycles. The maximum absolute atomic E-state index is 12.4. The summed E-state index contributed by atoms with van der Waals surface area (Å²) in [4.78, 5) is 28.4. The number of ether oxygens (including phenoxy) is 4. The molecule has 2 heterocycles. The second kappa shape index (κ2) is 13.8. The molecule has 0 bridgehead atoms. The minimum Gasteiger partial charge on any atom is -0.445 e. The molecule has 8 nitrogen and oxygen atoms in total. The van der Waals surface area contributed by atoms with Crippen LogP contribution in [0.4, 0.5) is 9.59 Å². The molecule has 0 N–H and O–H groups in total. The lowest BCUT2D eigenvalue weighted by atomic mass is 10.1. The number of hydrogen-bond donors (Lipinski definition) is 0. The van der Waals surface area contributed by atoms with Crippen LogP contribution in [-0.4, -0.2) is 72.6 Å². The first-order valence-corrected chi connectivity index (χ1v) is 14.3. The average molecular weight is 537 g/mol. The molecular formula is C31H40N2O6. The van der Waals surface area contributed by atoms with Crippen molar-refractivity contribution < 1.29 is 28.5 Å². The summed E-state index contributed by atoms with van der Waals surface area (Å²) in [6, 6.07) is 19.5. The van der Waals surface area contributed by atoms with Crippen LogP contribution in [0.5, 0.6) is 0 Å². The summed E-state index contributed by atoms with van der Waals surface area (Å²) in [6.07, 6.45) is 6.56.